The summed E-state index contributed by atoms with van der Waals surface area (Å²) in [7, 11) is 0. The van der Waals surface area contributed by atoms with Crippen LogP contribution in [0.5, 0.6) is 0 Å². The lowest BCUT2D eigenvalue weighted by Crippen LogP contribution is -2.31. The Kier molecular flexibility index (Phi) is 5.04. The van der Waals surface area contributed by atoms with E-state index in [0.29, 0.717) is 5.02 Å². The molecule has 0 aliphatic heterocycles. The second kappa shape index (κ2) is 6.77. The molecule has 2 aromatic rings. The summed E-state index contributed by atoms with van der Waals surface area (Å²) in [5.74, 6) is -0.118. The zero-order valence-electron chi connectivity index (χ0n) is 10.9. The van der Waals surface area contributed by atoms with Crippen LogP contribution in [0.25, 0.3) is 0 Å². The number of rotatable bonds is 4. The van der Waals surface area contributed by atoms with Crippen LogP contribution in [0.1, 0.15) is 6.92 Å². The maximum Gasteiger partial charge on any atom is 0.246 e. The largest absolute Gasteiger partial charge is 0.373 e. The van der Waals surface area contributed by atoms with Gasteiger partial charge in [0.1, 0.15) is 6.04 Å². The first-order valence-electron chi connectivity index (χ1n) is 6.14. The fourth-order valence-electron chi connectivity index (χ4n) is 1.68. The molecule has 0 bridgehead atoms. The van der Waals surface area contributed by atoms with E-state index in [-0.39, 0.29) is 5.91 Å². The van der Waals surface area contributed by atoms with Crippen LogP contribution >= 0.6 is 27.5 Å². The van der Waals surface area contributed by atoms with Gasteiger partial charge in [-0.15, -0.1) is 0 Å². The summed E-state index contributed by atoms with van der Waals surface area (Å²) in [6.45, 7) is 1.79. The lowest BCUT2D eigenvalue weighted by Gasteiger charge is -2.16. The lowest BCUT2D eigenvalue weighted by atomic mass is 10.2. The number of benzene rings is 2. The van der Waals surface area contributed by atoms with Crippen LogP contribution in [0.3, 0.4) is 0 Å². The fourth-order valence-corrected chi connectivity index (χ4v) is 2.21. The molecule has 0 saturated heterocycles. The van der Waals surface area contributed by atoms with Crippen LogP contribution in [0, 0.1) is 0 Å². The molecular weight excluding hydrogens is 340 g/mol. The van der Waals surface area contributed by atoms with Crippen LogP contribution in [0.15, 0.2) is 53.0 Å². The Morgan fingerprint density at radius 1 is 1.20 bits per heavy atom. The van der Waals surface area contributed by atoms with E-state index in [1.165, 1.54) is 0 Å². The maximum atomic E-state index is 12.1. The molecule has 2 N–H and O–H groups in total. The van der Waals surface area contributed by atoms with Gasteiger partial charge in [-0.3, -0.25) is 4.79 Å². The summed E-state index contributed by atoms with van der Waals surface area (Å²) >= 11 is 9.47. The summed E-state index contributed by atoms with van der Waals surface area (Å²) in [5, 5.41) is 6.51. The van der Waals surface area contributed by atoms with Crippen molar-refractivity contribution in [3.63, 3.8) is 0 Å². The van der Waals surface area contributed by atoms with Gasteiger partial charge in [0.2, 0.25) is 5.91 Å². The number of amides is 1. The fraction of sp³-hybridized carbons (Fsp3) is 0.133. The molecule has 0 radical (unpaired) electrons. The molecule has 1 atom stereocenters. The maximum absolute atomic E-state index is 12.1. The van der Waals surface area contributed by atoms with Gasteiger partial charge in [0, 0.05) is 10.2 Å². The van der Waals surface area contributed by atoms with Gasteiger partial charge in [0.05, 0.1) is 10.7 Å². The number of hydrogen-bond acceptors (Lipinski definition) is 2. The number of nitrogens with one attached hydrogen (secondary N) is 2. The highest BCUT2D eigenvalue weighted by molar-refractivity contribution is 9.10. The highest BCUT2D eigenvalue weighted by Crippen LogP contribution is 2.26. The first kappa shape index (κ1) is 14.9. The Morgan fingerprint density at radius 2 is 1.90 bits per heavy atom. The molecule has 2 rings (SSSR count). The number of carbonyl (C=O) groups excluding carboxylic acids is 1. The van der Waals surface area contributed by atoms with E-state index in [4.69, 9.17) is 11.6 Å². The van der Waals surface area contributed by atoms with Crippen LogP contribution in [-0.2, 0) is 4.79 Å². The molecule has 0 aromatic heterocycles. The van der Waals surface area contributed by atoms with Gasteiger partial charge in [0.15, 0.2) is 0 Å². The number of para-hydroxylation sites is 1. The first-order chi connectivity index (χ1) is 9.56. The molecule has 0 aliphatic carbocycles. The van der Waals surface area contributed by atoms with Crippen LogP contribution in [0.2, 0.25) is 5.02 Å². The monoisotopic (exact) mass is 352 g/mol. The Bertz CT molecular complexity index is 604. The Hall–Kier alpha value is -1.52. The van der Waals surface area contributed by atoms with Crippen molar-refractivity contribution in [2.45, 2.75) is 13.0 Å². The zero-order valence-corrected chi connectivity index (χ0v) is 13.2. The van der Waals surface area contributed by atoms with Crippen molar-refractivity contribution in [1.82, 2.24) is 0 Å². The molecule has 0 fully saturated rings. The molecule has 0 saturated carbocycles. The van der Waals surface area contributed by atoms with Gasteiger partial charge in [-0.2, -0.15) is 0 Å². The highest BCUT2D eigenvalue weighted by Gasteiger charge is 2.14. The van der Waals surface area contributed by atoms with Crippen LogP contribution < -0.4 is 10.6 Å². The Morgan fingerprint density at radius 3 is 2.60 bits per heavy atom. The highest BCUT2D eigenvalue weighted by atomic mass is 79.9. The second-order valence-corrected chi connectivity index (χ2v) is 5.67. The minimum atomic E-state index is -0.401. The molecule has 0 spiro atoms. The van der Waals surface area contributed by atoms with Crippen molar-refractivity contribution >= 4 is 44.8 Å². The quantitative estimate of drug-likeness (QED) is 0.847. The standard InChI is InChI=1S/C15H14BrClN2O/c1-10(15(20)19-12-5-3-2-4-6-12)18-14-9-11(16)7-8-13(14)17/h2-10,18H,1H3,(H,19,20). The molecule has 20 heavy (non-hydrogen) atoms. The van der Waals surface area contributed by atoms with E-state index in [2.05, 4.69) is 26.6 Å². The van der Waals surface area contributed by atoms with E-state index >= 15 is 0 Å². The van der Waals surface area contributed by atoms with Gasteiger partial charge in [-0.05, 0) is 37.3 Å². The summed E-state index contributed by atoms with van der Waals surface area (Å²) in [6.07, 6.45) is 0. The van der Waals surface area contributed by atoms with Gasteiger partial charge in [0.25, 0.3) is 0 Å². The molecule has 0 heterocycles. The Balaban J connectivity index is 2.02. The van der Waals surface area contributed by atoms with E-state index in [1.54, 1.807) is 13.0 Å². The third-order valence-electron chi connectivity index (χ3n) is 2.74. The predicted molar refractivity (Wildman–Crippen MR) is 87.3 cm³/mol. The third kappa shape index (κ3) is 3.99. The molecule has 5 heteroatoms. The number of carbonyl (C=O) groups is 1. The van der Waals surface area contributed by atoms with E-state index in [0.717, 1.165) is 15.8 Å². The normalized spacial score (nSPS) is 11.8. The number of anilines is 2. The average molecular weight is 354 g/mol. The van der Waals surface area contributed by atoms with Gasteiger partial charge >= 0.3 is 0 Å². The summed E-state index contributed by atoms with van der Waals surface area (Å²) in [4.78, 5) is 12.1. The van der Waals surface area contributed by atoms with Crippen molar-refractivity contribution in [1.29, 1.82) is 0 Å². The first-order valence-corrected chi connectivity index (χ1v) is 7.31. The average Bonchev–Trinajstić information content (AvgIpc) is 2.44. The second-order valence-electron chi connectivity index (χ2n) is 4.35. The minimum absolute atomic E-state index is 0.118. The van der Waals surface area contributed by atoms with Gasteiger partial charge in [-0.1, -0.05) is 45.7 Å². The van der Waals surface area contributed by atoms with E-state index < -0.39 is 6.04 Å². The molecule has 104 valence electrons. The lowest BCUT2D eigenvalue weighted by molar-refractivity contribution is -0.116. The Labute approximate surface area is 131 Å². The van der Waals surface area contributed by atoms with Crippen molar-refractivity contribution in [3.8, 4) is 0 Å². The molecule has 2 aromatic carbocycles. The summed E-state index contributed by atoms with van der Waals surface area (Å²) in [5.41, 5.74) is 1.49. The molecular formula is C15H14BrClN2O. The topological polar surface area (TPSA) is 41.1 Å². The SMILES string of the molecule is CC(Nc1cc(Br)ccc1Cl)C(=O)Nc1ccccc1. The zero-order chi connectivity index (χ0) is 14.5. The molecule has 1 unspecified atom stereocenters. The summed E-state index contributed by atoms with van der Waals surface area (Å²) in [6, 6.07) is 14.4. The smallest absolute Gasteiger partial charge is 0.246 e. The molecule has 3 nitrogen and oxygen atoms in total. The van der Waals surface area contributed by atoms with E-state index in [1.807, 2.05) is 42.5 Å². The minimum Gasteiger partial charge on any atom is -0.373 e. The predicted octanol–water partition coefficient (Wildman–Crippen LogP) is 4.54. The van der Waals surface area contributed by atoms with Gasteiger partial charge < -0.3 is 10.6 Å². The van der Waals surface area contributed by atoms with Crippen molar-refractivity contribution in [2.75, 3.05) is 10.6 Å². The third-order valence-corrected chi connectivity index (χ3v) is 3.56. The van der Waals surface area contributed by atoms with Crippen molar-refractivity contribution in [2.24, 2.45) is 0 Å². The molecule has 0 aliphatic rings. The number of halogens is 2. The van der Waals surface area contributed by atoms with Gasteiger partial charge in [-0.25, -0.2) is 0 Å². The van der Waals surface area contributed by atoms with Crippen LogP contribution in [0.4, 0.5) is 11.4 Å². The van der Waals surface area contributed by atoms with Crippen molar-refractivity contribution < 1.29 is 4.79 Å². The van der Waals surface area contributed by atoms with Crippen molar-refractivity contribution in [3.05, 3.63) is 58.0 Å². The summed E-state index contributed by atoms with van der Waals surface area (Å²) < 4.78 is 0.903. The number of hydrogen-bond donors (Lipinski definition) is 2. The van der Waals surface area contributed by atoms with E-state index in [9.17, 15) is 4.79 Å². The molecule has 1 amide bonds. The van der Waals surface area contributed by atoms with Crippen LogP contribution in [-0.4, -0.2) is 11.9 Å².